The molecule has 1 aromatic rings. The molecule has 3 rings (SSSR count). The lowest BCUT2D eigenvalue weighted by molar-refractivity contribution is -0.0102. The summed E-state index contributed by atoms with van der Waals surface area (Å²) in [6.45, 7) is 0. The van der Waals surface area contributed by atoms with E-state index < -0.39 is 0 Å². The van der Waals surface area contributed by atoms with E-state index in [0.717, 1.165) is 11.9 Å². The van der Waals surface area contributed by atoms with Crippen molar-refractivity contribution in [2.24, 2.45) is 0 Å². The fraction of sp³-hybridized carbons (Fsp3) is 0.500. The summed E-state index contributed by atoms with van der Waals surface area (Å²) in [5.41, 5.74) is 1.15. The molecule has 2 nitrogen and oxygen atoms in total. The Balaban J connectivity index is 1.78. The van der Waals surface area contributed by atoms with Crippen molar-refractivity contribution in [3.63, 3.8) is 0 Å². The Morgan fingerprint density at radius 2 is 1.67 bits per heavy atom. The molecule has 2 atom stereocenters. The van der Waals surface area contributed by atoms with Crippen LogP contribution in [0.2, 0.25) is 0 Å². The van der Waals surface area contributed by atoms with Crippen molar-refractivity contribution < 1.29 is 9.31 Å². The maximum Gasteiger partial charge on any atom is 0.494 e. The summed E-state index contributed by atoms with van der Waals surface area (Å²) >= 11 is 0. The third-order valence-corrected chi connectivity index (χ3v) is 3.28. The Morgan fingerprint density at radius 1 is 1.00 bits per heavy atom. The quantitative estimate of drug-likeness (QED) is 0.645. The summed E-state index contributed by atoms with van der Waals surface area (Å²) < 4.78 is 11.8. The molecule has 0 aromatic heterocycles. The zero-order chi connectivity index (χ0) is 10.1. The van der Waals surface area contributed by atoms with Gasteiger partial charge in [0.25, 0.3) is 0 Å². The Hall–Kier alpha value is -0.795. The summed E-state index contributed by atoms with van der Waals surface area (Å²) in [6, 6.07) is 10.2. The topological polar surface area (TPSA) is 18.5 Å². The zero-order valence-electron chi connectivity index (χ0n) is 8.76. The van der Waals surface area contributed by atoms with Gasteiger partial charge in [0.2, 0.25) is 0 Å². The van der Waals surface area contributed by atoms with E-state index in [1.807, 2.05) is 18.2 Å². The van der Waals surface area contributed by atoms with Crippen LogP contribution in [0.5, 0.6) is 0 Å². The van der Waals surface area contributed by atoms with E-state index in [9.17, 15) is 0 Å². The molecular formula is C12H15BO2. The smallest absolute Gasteiger partial charge is 0.404 e. The number of rotatable bonds is 1. The molecule has 0 unspecified atom stereocenters. The fourth-order valence-electron chi connectivity index (χ4n) is 2.50. The molecule has 1 saturated carbocycles. The van der Waals surface area contributed by atoms with Crippen molar-refractivity contribution in [1.29, 1.82) is 0 Å². The molecule has 1 heterocycles. The first-order valence-corrected chi connectivity index (χ1v) is 5.78. The van der Waals surface area contributed by atoms with Crippen LogP contribution >= 0.6 is 0 Å². The average Bonchev–Trinajstić information content (AvgIpc) is 2.30. The van der Waals surface area contributed by atoms with Crippen molar-refractivity contribution in [3.05, 3.63) is 30.3 Å². The molecule has 15 heavy (non-hydrogen) atoms. The highest BCUT2D eigenvalue weighted by atomic mass is 16.6. The Kier molecular flexibility index (Phi) is 2.51. The van der Waals surface area contributed by atoms with Crippen LogP contribution in [0, 0.1) is 0 Å². The minimum absolute atomic E-state index is 0.129. The van der Waals surface area contributed by atoms with Crippen LogP contribution in [-0.4, -0.2) is 19.3 Å². The normalized spacial score (nSPS) is 30.3. The van der Waals surface area contributed by atoms with E-state index in [0.29, 0.717) is 12.2 Å². The van der Waals surface area contributed by atoms with Crippen molar-refractivity contribution in [3.8, 4) is 0 Å². The van der Waals surface area contributed by atoms with Crippen molar-refractivity contribution in [2.75, 3.05) is 0 Å². The highest BCUT2D eigenvalue weighted by Gasteiger charge is 2.37. The molecule has 0 amide bonds. The van der Waals surface area contributed by atoms with Crippen LogP contribution in [0.1, 0.15) is 25.7 Å². The van der Waals surface area contributed by atoms with Crippen LogP contribution in [0.15, 0.2) is 30.3 Å². The van der Waals surface area contributed by atoms with E-state index in [1.165, 1.54) is 19.3 Å². The van der Waals surface area contributed by atoms with Crippen LogP contribution in [0.4, 0.5) is 0 Å². The largest absolute Gasteiger partial charge is 0.494 e. The third-order valence-electron chi connectivity index (χ3n) is 3.28. The van der Waals surface area contributed by atoms with Gasteiger partial charge in [-0.3, -0.25) is 0 Å². The molecule has 3 heteroatoms. The molecule has 0 radical (unpaired) electrons. The third kappa shape index (κ3) is 1.94. The first-order valence-electron chi connectivity index (χ1n) is 5.78. The molecule has 1 aliphatic carbocycles. The highest BCUT2D eigenvalue weighted by Crippen LogP contribution is 2.28. The molecule has 2 bridgehead atoms. The van der Waals surface area contributed by atoms with E-state index >= 15 is 0 Å². The van der Waals surface area contributed by atoms with Crippen molar-refractivity contribution in [2.45, 2.75) is 37.9 Å². The van der Waals surface area contributed by atoms with Gasteiger partial charge in [-0.1, -0.05) is 30.3 Å². The monoisotopic (exact) mass is 202 g/mol. The van der Waals surface area contributed by atoms with E-state index in [4.69, 9.17) is 9.31 Å². The fourth-order valence-corrected chi connectivity index (χ4v) is 2.50. The van der Waals surface area contributed by atoms with E-state index in [2.05, 4.69) is 12.1 Å². The Labute approximate surface area is 90.7 Å². The van der Waals surface area contributed by atoms with E-state index in [-0.39, 0.29) is 7.12 Å². The lowest BCUT2D eigenvalue weighted by atomic mass is 9.75. The number of benzene rings is 1. The standard InChI is InChI=1S/C12H15BO2/c1-2-5-10(6-3-1)13-14-11-7-4-8-12(9-11)15-13/h1-3,5-6,11-12H,4,7-9H2/t11-,12-/m1/s1. The summed E-state index contributed by atoms with van der Waals surface area (Å²) in [6.07, 6.45) is 5.57. The van der Waals surface area contributed by atoms with Crippen LogP contribution in [-0.2, 0) is 9.31 Å². The van der Waals surface area contributed by atoms with Gasteiger partial charge in [0.05, 0.1) is 0 Å². The average molecular weight is 202 g/mol. The second-order valence-corrected chi connectivity index (χ2v) is 4.43. The maximum absolute atomic E-state index is 5.92. The minimum Gasteiger partial charge on any atom is -0.404 e. The first-order chi connectivity index (χ1) is 7.42. The van der Waals surface area contributed by atoms with Gasteiger partial charge in [0, 0.05) is 12.2 Å². The van der Waals surface area contributed by atoms with Crippen LogP contribution < -0.4 is 5.46 Å². The molecule has 78 valence electrons. The summed E-state index contributed by atoms with van der Waals surface area (Å²) in [5, 5.41) is 0. The number of hydrogen-bond acceptors (Lipinski definition) is 2. The van der Waals surface area contributed by atoms with Crippen molar-refractivity contribution >= 4 is 12.6 Å². The van der Waals surface area contributed by atoms with Gasteiger partial charge < -0.3 is 9.31 Å². The molecule has 0 N–H and O–H groups in total. The van der Waals surface area contributed by atoms with Crippen molar-refractivity contribution in [1.82, 2.24) is 0 Å². The Bertz CT molecular complexity index is 316. The van der Waals surface area contributed by atoms with Gasteiger partial charge in [0.1, 0.15) is 0 Å². The van der Waals surface area contributed by atoms with Gasteiger partial charge in [-0.05, 0) is 31.1 Å². The lowest BCUT2D eigenvalue weighted by Crippen LogP contribution is -2.50. The van der Waals surface area contributed by atoms with Crippen LogP contribution in [0.25, 0.3) is 0 Å². The molecule has 0 spiro atoms. The number of hydrogen-bond donors (Lipinski definition) is 0. The molecule has 1 aromatic carbocycles. The SMILES string of the molecule is c1ccc(B2O[C@@H]3CCC[C@H](C3)O2)cc1. The van der Waals surface area contributed by atoms with Gasteiger partial charge in [-0.2, -0.15) is 0 Å². The lowest BCUT2D eigenvalue weighted by Gasteiger charge is -2.38. The predicted molar refractivity (Wildman–Crippen MR) is 60.0 cm³/mol. The molecular weight excluding hydrogens is 187 g/mol. The molecule has 1 saturated heterocycles. The first kappa shape index (κ1) is 9.43. The molecule has 2 aliphatic rings. The highest BCUT2D eigenvalue weighted by molar-refractivity contribution is 6.61. The second kappa shape index (κ2) is 3.99. The predicted octanol–water partition coefficient (Wildman–Crippen LogP) is 1.74. The molecule has 1 aliphatic heterocycles. The summed E-state index contributed by atoms with van der Waals surface area (Å²) in [5.74, 6) is 0. The summed E-state index contributed by atoms with van der Waals surface area (Å²) in [7, 11) is -0.129. The number of fused-ring (bicyclic) bond motifs is 2. The van der Waals surface area contributed by atoms with Crippen LogP contribution in [0.3, 0.4) is 0 Å². The zero-order valence-corrected chi connectivity index (χ0v) is 8.76. The Morgan fingerprint density at radius 3 is 2.33 bits per heavy atom. The van der Waals surface area contributed by atoms with Gasteiger partial charge in [-0.25, -0.2) is 0 Å². The van der Waals surface area contributed by atoms with Gasteiger partial charge >= 0.3 is 7.12 Å². The second-order valence-electron chi connectivity index (χ2n) is 4.43. The minimum atomic E-state index is -0.129. The van der Waals surface area contributed by atoms with Gasteiger partial charge in [0.15, 0.2) is 0 Å². The van der Waals surface area contributed by atoms with E-state index in [1.54, 1.807) is 0 Å². The maximum atomic E-state index is 5.92. The summed E-state index contributed by atoms with van der Waals surface area (Å²) in [4.78, 5) is 0. The molecule has 2 fully saturated rings. The van der Waals surface area contributed by atoms with Gasteiger partial charge in [-0.15, -0.1) is 0 Å².